The summed E-state index contributed by atoms with van der Waals surface area (Å²) in [6, 6.07) is 9.03. The maximum absolute atomic E-state index is 13.5. The van der Waals surface area contributed by atoms with Crippen LogP contribution in [0.25, 0.3) is 0 Å². The largest absolute Gasteiger partial charge is 0.458 e. The van der Waals surface area contributed by atoms with E-state index in [2.05, 4.69) is 6.92 Å². The number of fused-ring (bicyclic) bond motifs is 3. The highest BCUT2D eigenvalue weighted by atomic mass is 16.9. The maximum atomic E-state index is 13.5. The van der Waals surface area contributed by atoms with Crippen LogP contribution in [0.4, 0.5) is 0 Å². The number of carbonyl (C=O) groups is 2. The van der Waals surface area contributed by atoms with Crippen molar-refractivity contribution in [1.82, 2.24) is 0 Å². The first-order valence-electron chi connectivity index (χ1n) is 20.5. The molecule has 13 nitrogen and oxygen atoms in total. The minimum Gasteiger partial charge on any atom is -0.458 e. The number of carbonyl (C=O) groups excluding carboxylic acids is 2. The molecule has 0 radical (unpaired) electrons. The lowest BCUT2D eigenvalue weighted by Gasteiger charge is -2.74. The van der Waals surface area contributed by atoms with Gasteiger partial charge >= 0.3 is 17.9 Å². The molecule has 13 heteroatoms. The lowest BCUT2D eigenvalue weighted by molar-refractivity contribution is -0.595. The summed E-state index contributed by atoms with van der Waals surface area (Å²) in [4.78, 5) is 26.6. The molecule has 1 aromatic rings. The molecule has 8 fully saturated rings. The summed E-state index contributed by atoms with van der Waals surface area (Å²) in [5.74, 6) is -5.74. The molecule has 5 heterocycles. The van der Waals surface area contributed by atoms with Crippen LogP contribution in [0.15, 0.2) is 54.6 Å². The van der Waals surface area contributed by atoms with Crippen LogP contribution >= 0.6 is 0 Å². The van der Waals surface area contributed by atoms with Gasteiger partial charge in [-0.25, -0.2) is 4.79 Å². The van der Waals surface area contributed by atoms with Gasteiger partial charge in [-0.1, -0.05) is 70.2 Å². The third-order valence-electron chi connectivity index (χ3n) is 15.4. The summed E-state index contributed by atoms with van der Waals surface area (Å²) in [6.45, 7) is 8.76. The average Bonchev–Trinajstić information content (AvgIpc) is 3.66. The molecule has 5 aliphatic heterocycles. The van der Waals surface area contributed by atoms with E-state index in [1.165, 1.54) is 12.2 Å². The maximum Gasteiger partial charge on any atom is 0.331 e. The molecule has 18 atom stereocenters. The SMILES string of the molecule is CC(C)CC(=O)O[C@@H]1C=CC=CC(=O)O[C@H]2CC[C@@H]3[C@@]2(O)[C@H](O)[C@@]2(CO)O[C@H]2[C@H]2[C@H]4O[C@]5(c6ccccc6)O[C@@H]([C@@H](C)[C@@]23O5)[C@@]4(O)[C@](C)(O)C[C@H]2CC[C@H]1[C@H]2C. The number of rotatable bonds is 5. The second-order valence-electron chi connectivity index (χ2n) is 18.7. The van der Waals surface area contributed by atoms with E-state index in [-0.39, 0.29) is 55.3 Å². The zero-order chi connectivity index (χ0) is 39.8. The van der Waals surface area contributed by atoms with E-state index in [1.807, 2.05) is 39.0 Å². The van der Waals surface area contributed by atoms with Gasteiger partial charge in [-0.3, -0.25) is 4.79 Å². The minimum absolute atomic E-state index is 0.0587. The van der Waals surface area contributed by atoms with Gasteiger partial charge in [-0.2, -0.15) is 0 Å². The molecule has 0 aromatic heterocycles. The van der Waals surface area contributed by atoms with Crippen LogP contribution in [0.5, 0.6) is 0 Å². The monoisotopic (exact) mass is 780 g/mol. The summed E-state index contributed by atoms with van der Waals surface area (Å²) >= 11 is 0. The molecule has 0 amide bonds. The lowest BCUT2D eigenvalue weighted by Crippen LogP contribution is -2.89. The van der Waals surface area contributed by atoms with Crippen molar-refractivity contribution >= 4 is 11.9 Å². The lowest BCUT2D eigenvalue weighted by atomic mass is 9.49. The predicted octanol–water partition coefficient (Wildman–Crippen LogP) is 2.79. The Bertz CT molecular complexity index is 1800. The first-order valence-corrected chi connectivity index (χ1v) is 20.5. The average molecular weight is 781 g/mol. The molecule has 4 saturated heterocycles. The first kappa shape index (κ1) is 38.8. The number of hydrogen-bond acceptors (Lipinski definition) is 13. The highest BCUT2D eigenvalue weighted by molar-refractivity contribution is 5.82. The Labute approximate surface area is 326 Å². The number of aliphatic hydroxyl groups is 5. The summed E-state index contributed by atoms with van der Waals surface area (Å²) in [7, 11) is 0. The van der Waals surface area contributed by atoms with Gasteiger partial charge in [0.2, 0.25) is 0 Å². The number of esters is 2. The van der Waals surface area contributed by atoms with E-state index >= 15 is 0 Å². The van der Waals surface area contributed by atoms with Crippen molar-refractivity contribution in [3.8, 4) is 0 Å². The number of aliphatic hydroxyl groups excluding tert-OH is 2. The Balaban J connectivity index is 1.21. The minimum atomic E-state index is -2.18. The second kappa shape index (κ2) is 12.9. The van der Waals surface area contributed by atoms with Gasteiger partial charge in [-0.15, -0.1) is 0 Å². The zero-order valence-corrected chi connectivity index (χ0v) is 32.7. The fourth-order valence-corrected chi connectivity index (χ4v) is 12.7. The Morgan fingerprint density at radius 2 is 1.70 bits per heavy atom. The van der Waals surface area contributed by atoms with E-state index in [9.17, 15) is 35.1 Å². The number of epoxide rings is 1. The van der Waals surface area contributed by atoms with Gasteiger partial charge < -0.3 is 54.0 Å². The molecular weight excluding hydrogens is 724 g/mol. The molecule has 1 aromatic carbocycles. The van der Waals surface area contributed by atoms with Crippen molar-refractivity contribution in [2.75, 3.05) is 6.61 Å². The summed E-state index contributed by atoms with van der Waals surface area (Å²) in [6.07, 6.45) is 1.39. The molecule has 4 saturated carbocycles. The fraction of sp³-hybridized carbons (Fsp3) is 0.721. The molecule has 10 rings (SSSR count). The number of benzene rings is 1. The molecular formula is C43H56O13. The summed E-state index contributed by atoms with van der Waals surface area (Å²) in [5.41, 5.74) is -8.74. The standard InChI is InChI=1S/C43H56O13/c1-22(2)19-32(46)51-28-13-9-10-14-31(45)52-30-18-17-29-40(30,49)37(47)39(21-44)35(53-39)33-36-42(50,38(5,48)20-25-15-16-27(28)23(25)3)34-24(4)41(29,33)56-43(54-34,55-36)26-11-7-6-8-12-26/h6-14,22-25,27-30,33-37,44,47-50H,15-21H2,1-5H3/t23-,24+,25+,27-,28+,29+,30-,33-,34-,35-,36+,37+,38+,39-,40-,41-,42-,43-/m0/s1. The topological polar surface area (TPSA) is 194 Å². The quantitative estimate of drug-likeness (QED) is 0.217. The molecule has 4 aliphatic carbocycles. The van der Waals surface area contributed by atoms with Crippen LogP contribution in [0.1, 0.15) is 78.7 Å². The Morgan fingerprint density at radius 3 is 2.41 bits per heavy atom. The second-order valence-corrected chi connectivity index (χ2v) is 18.7. The van der Waals surface area contributed by atoms with Crippen LogP contribution in [0.3, 0.4) is 0 Å². The highest BCUT2D eigenvalue weighted by Gasteiger charge is 2.90. The van der Waals surface area contributed by atoms with Crippen molar-refractivity contribution in [1.29, 1.82) is 0 Å². The molecule has 10 bridgehead atoms. The molecule has 0 unspecified atom stereocenters. The van der Waals surface area contributed by atoms with Gasteiger partial charge in [0.25, 0.3) is 0 Å². The highest BCUT2D eigenvalue weighted by Crippen LogP contribution is 2.74. The third kappa shape index (κ3) is 5.05. The van der Waals surface area contributed by atoms with Gasteiger partial charge in [0.05, 0.1) is 17.8 Å². The van der Waals surface area contributed by atoms with Crippen molar-refractivity contribution < 1.29 is 63.5 Å². The van der Waals surface area contributed by atoms with Gasteiger partial charge in [0.1, 0.15) is 53.4 Å². The summed E-state index contributed by atoms with van der Waals surface area (Å²) < 4.78 is 39.3. The Kier molecular flexibility index (Phi) is 8.93. The van der Waals surface area contributed by atoms with Crippen LogP contribution in [-0.4, -0.2) is 109 Å². The van der Waals surface area contributed by atoms with Crippen molar-refractivity contribution in [2.24, 2.45) is 41.4 Å². The fourth-order valence-electron chi connectivity index (χ4n) is 12.7. The van der Waals surface area contributed by atoms with Gasteiger partial charge in [0.15, 0.2) is 0 Å². The normalized spacial score (nSPS) is 52.7. The molecule has 9 aliphatic rings. The number of ether oxygens (including phenoxy) is 6. The van der Waals surface area contributed by atoms with E-state index in [0.717, 1.165) is 0 Å². The van der Waals surface area contributed by atoms with Crippen LogP contribution in [0.2, 0.25) is 0 Å². The smallest absolute Gasteiger partial charge is 0.331 e. The van der Waals surface area contributed by atoms with Crippen LogP contribution in [0, 0.1) is 41.4 Å². The van der Waals surface area contributed by atoms with Gasteiger partial charge in [-0.05, 0) is 62.9 Å². The summed E-state index contributed by atoms with van der Waals surface area (Å²) in [5, 5.41) is 62.8. The first-order chi connectivity index (χ1) is 26.5. The van der Waals surface area contributed by atoms with Crippen LogP contribution < -0.4 is 0 Å². The van der Waals surface area contributed by atoms with E-state index < -0.39 is 101 Å². The van der Waals surface area contributed by atoms with Crippen molar-refractivity contribution in [2.45, 2.75) is 144 Å². The molecule has 1 spiro atoms. The Hall–Kier alpha value is -2.72. The van der Waals surface area contributed by atoms with Crippen LogP contribution in [-0.2, 0) is 44.0 Å². The van der Waals surface area contributed by atoms with Crippen molar-refractivity contribution in [3.63, 3.8) is 0 Å². The molecule has 56 heavy (non-hydrogen) atoms. The van der Waals surface area contributed by atoms with Crippen molar-refractivity contribution in [3.05, 3.63) is 60.2 Å². The van der Waals surface area contributed by atoms with E-state index in [1.54, 1.807) is 31.2 Å². The predicted molar refractivity (Wildman–Crippen MR) is 196 cm³/mol. The third-order valence-corrected chi connectivity index (χ3v) is 15.4. The van der Waals surface area contributed by atoms with Gasteiger partial charge in [0, 0.05) is 41.7 Å². The number of allylic oxidation sites excluding steroid dienone is 2. The Morgan fingerprint density at radius 1 is 0.964 bits per heavy atom. The van der Waals surface area contributed by atoms with E-state index in [4.69, 9.17) is 28.4 Å². The zero-order valence-electron chi connectivity index (χ0n) is 32.7. The van der Waals surface area contributed by atoms with E-state index in [0.29, 0.717) is 18.4 Å². The molecule has 306 valence electrons. The number of hydrogen-bond donors (Lipinski definition) is 5. The molecule has 5 N–H and O–H groups in total.